The lowest BCUT2D eigenvalue weighted by Crippen LogP contribution is -2.05. The predicted octanol–water partition coefficient (Wildman–Crippen LogP) is 5.33. The third-order valence-corrected chi connectivity index (χ3v) is 2.95. The summed E-state index contributed by atoms with van der Waals surface area (Å²) in [5.41, 5.74) is 1.45. The lowest BCUT2D eigenvalue weighted by atomic mass is 10.0. The first-order chi connectivity index (χ1) is 8.38. The zero-order valence-electron chi connectivity index (χ0n) is 9.55. The van der Waals surface area contributed by atoms with Crippen LogP contribution in [0.2, 0.25) is 5.02 Å². The van der Waals surface area contributed by atoms with E-state index in [2.05, 4.69) is 0 Å². The summed E-state index contributed by atoms with van der Waals surface area (Å²) in [6, 6.07) is 11.3. The van der Waals surface area contributed by atoms with Crippen LogP contribution in [0.3, 0.4) is 0 Å². The molecule has 94 valence electrons. The van der Waals surface area contributed by atoms with Crippen LogP contribution in [-0.4, -0.2) is 0 Å². The lowest BCUT2D eigenvalue weighted by molar-refractivity contribution is -0.137. The van der Waals surface area contributed by atoms with Gasteiger partial charge in [-0.25, -0.2) is 0 Å². The molecule has 2 rings (SSSR count). The van der Waals surface area contributed by atoms with Crippen LogP contribution in [0.5, 0.6) is 0 Å². The average molecular weight is 271 g/mol. The Balaban J connectivity index is 2.54. The van der Waals surface area contributed by atoms with Crippen molar-refractivity contribution >= 4 is 11.6 Å². The molecule has 2 aromatic rings. The zero-order valence-corrected chi connectivity index (χ0v) is 10.3. The van der Waals surface area contributed by atoms with E-state index in [1.165, 1.54) is 6.07 Å². The van der Waals surface area contributed by atoms with Gasteiger partial charge in [-0.2, -0.15) is 13.2 Å². The number of alkyl halides is 3. The predicted molar refractivity (Wildman–Crippen MR) is 66.6 cm³/mol. The molecule has 0 saturated heterocycles. The summed E-state index contributed by atoms with van der Waals surface area (Å²) < 4.78 is 38.2. The zero-order chi connectivity index (χ0) is 13.3. The second-order valence-corrected chi connectivity index (χ2v) is 4.47. The second kappa shape index (κ2) is 4.65. The third kappa shape index (κ3) is 2.67. The summed E-state index contributed by atoms with van der Waals surface area (Å²) in [5, 5.41) is -0.279. The van der Waals surface area contributed by atoms with Crippen molar-refractivity contribution in [2.45, 2.75) is 13.1 Å². The topological polar surface area (TPSA) is 0 Å². The monoisotopic (exact) mass is 270 g/mol. The van der Waals surface area contributed by atoms with Gasteiger partial charge in [-0.15, -0.1) is 0 Å². The molecule has 0 N–H and O–H groups in total. The SMILES string of the molecule is Cc1cccc(-c2ccc(Cl)c(C(F)(F)F)c2)c1. The van der Waals surface area contributed by atoms with Crippen molar-refractivity contribution in [3.63, 3.8) is 0 Å². The molecule has 0 aliphatic heterocycles. The van der Waals surface area contributed by atoms with Gasteiger partial charge in [0.05, 0.1) is 10.6 Å². The summed E-state index contributed by atoms with van der Waals surface area (Å²) in [6.07, 6.45) is -4.43. The van der Waals surface area contributed by atoms with Gasteiger partial charge in [0.1, 0.15) is 0 Å². The summed E-state index contributed by atoms with van der Waals surface area (Å²) in [6.45, 7) is 1.89. The van der Waals surface area contributed by atoms with Crippen LogP contribution in [0.15, 0.2) is 42.5 Å². The molecule has 2 aromatic carbocycles. The Morgan fingerprint density at radius 1 is 0.944 bits per heavy atom. The van der Waals surface area contributed by atoms with Gasteiger partial charge in [0.25, 0.3) is 0 Å². The number of benzene rings is 2. The van der Waals surface area contributed by atoms with Crippen LogP contribution in [-0.2, 0) is 6.18 Å². The molecule has 0 saturated carbocycles. The quantitative estimate of drug-likeness (QED) is 0.657. The van der Waals surface area contributed by atoms with Gasteiger partial charge in [-0.05, 0) is 30.2 Å². The first kappa shape index (κ1) is 13.0. The van der Waals surface area contributed by atoms with E-state index in [4.69, 9.17) is 11.6 Å². The van der Waals surface area contributed by atoms with Gasteiger partial charge in [0.2, 0.25) is 0 Å². The molecular weight excluding hydrogens is 261 g/mol. The van der Waals surface area contributed by atoms with Gasteiger partial charge < -0.3 is 0 Å². The van der Waals surface area contributed by atoms with E-state index in [1.54, 1.807) is 12.1 Å². The molecule has 0 nitrogen and oxygen atoms in total. The van der Waals surface area contributed by atoms with Gasteiger partial charge in [-0.3, -0.25) is 0 Å². The van der Waals surface area contributed by atoms with Crippen molar-refractivity contribution in [2.24, 2.45) is 0 Å². The molecule has 0 aromatic heterocycles. The molecule has 0 spiro atoms. The molecule has 4 heteroatoms. The normalized spacial score (nSPS) is 11.6. The summed E-state index contributed by atoms with van der Waals surface area (Å²) >= 11 is 5.58. The van der Waals surface area contributed by atoms with E-state index in [0.717, 1.165) is 17.2 Å². The Kier molecular flexibility index (Phi) is 3.35. The number of halogens is 4. The van der Waals surface area contributed by atoms with Crippen molar-refractivity contribution in [1.82, 2.24) is 0 Å². The fourth-order valence-electron chi connectivity index (χ4n) is 1.75. The van der Waals surface area contributed by atoms with Crippen molar-refractivity contribution in [3.8, 4) is 11.1 Å². The minimum absolute atomic E-state index is 0.279. The molecule has 0 aliphatic carbocycles. The van der Waals surface area contributed by atoms with Crippen molar-refractivity contribution in [2.75, 3.05) is 0 Å². The van der Waals surface area contributed by atoms with E-state index in [9.17, 15) is 13.2 Å². The highest BCUT2D eigenvalue weighted by molar-refractivity contribution is 6.31. The van der Waals surface area contributed by atoms with E-state index in [-0.39, 0.29) is 5.02 Å². The van der Waals surface area contributed by atoms with E-state index >= 15 is 0 Å². The summed E-state index contributed by atoms with van der Waals surface area (Å²) in [7, 11) is 0. The van der Waals surface area contributed by atoms with Gasteiger partial charge in [0, 0.05) is 0 Å². The van der Waals surface area contributed by atoms with Crippen LogP contribution < -0.4 is 0 Å². The van der Waals surface area contributed by atoms with Gasteiger partial charge in [-0.1, -0.05) is 47.5 Å². The lowest BCUT2D eigenvalue weighted by Gasteiger charge is -2.11. The fraction of sp³-hybridized carbons (Fsp3) is 0.143. The van der Waals surface area contributed by atoms with Crippen molar-refractivity contribution in [3.05, 3.63) is 58.6 Å². The van der Waals surface area contributed by atoms with Crippen LogP contribution in [0, 0.1) is 6.92 Å². The first-order valence-corrected chi connectivity index (χ1v) is 5.69. The number of aryl methyl sites for hydroxylation is 1. The molecular formula is C14H10ClF3. The van der Waals surface area contributed by atoms with Crippen molar-refractivity contribution in [1.29, 1.82) is 0 Å². The Morgan fingerprint density at radius 3 is 2.22 bits per heavy atom. The highest BCUT2D eigenvalue weighted by Gasteiger charge is 2.33. The largest absolute Gasteiger partial charge is 0.417 e. The number of hydrogen-bond donors (Lipinski definition) is 0. The maximum Gasteiger partial charge on any atom is 0.417 e. The van der Waals surface area contributed by atoms with Crippen LogP contribution in [0.25, 0.3) is 11.1 Å². The Labute approximate surface area is 108 Å². The van der Waals surface area contributed by atoms with E-state index in [0.29, 0.717) is 5.56 Å². The molecule has 0 fully saturated rings. The number of hydrogen-bond acceptors (Lipinski definition) is 0. The van der Waals surface area contributed by atoms with E-state index < -0.39 is 11.7 Å². The average Bonchev–Trinajstić information content (AvgIpc) is 2.28. The molecule has 0 atom stereocenters. The Morgan fingerprint density at radius 2 is 1.61 bits per heavy atom. The molecule has 0 aliphatic rings. The summed E-state index contributed by atoms with van der Waals surface area (Å²) in [5.74, 6) is 0. The maximum absolute atomic E-state index is 12.7. The Hall–Kier alpha value is -1.48. The third-order valence-electron chi connectivity index (χ3n) is 2.62. The van der Waals surface area contributed by atoms with E-state index in [1.807, 2.05) is 25.1 Å². The first-order valence-electron chi connectivity index (χ1n) is 5.32. The molecule has 0 amide bonds. The number of rotatable bonds is 1. The van der Waals surface area contributed by atoms with Crippen molar-refractivity contribution < 1.29 is 13.2 Å². The van der Waals surface area contributed by atoms with Gasteiger partial charge >= 0.3 is 6.18 Å². The molecule has 0 heterocycles. The molecule has 18 heavy (non-hydrogen) atoms. The molecule has 0 bridgehead atoms. The molecule has 0 radical (unpaired) electrons. The van der Waals surface area contributed by atoms with Crippen LogP contribution in [0.1, 0.15) is 11.1 Å². The second-order valence-electron chi connectivity index (χ2n) is 4.06. The minimum Gasteiger partial charge on any atom is -0.166 e. The minimum atomic E-state index is -4.43. The van der Waals surface area contributed by atoms with Crippen LogP contribution in [0.4, 0.5) is 13.2 Å². The Bertz CT molecular complexity index is 573. The highest BCUT2D eigenvalue weighted by atomic mass is 35.5. The summed E-state index contributed by atoms with van der Waals surface area (Å²) in [4.78, 5) is 0. The van der Waals surface area contributed by atoms with Gasteiger partial charge in [0.15, 0.2) is 0 Å². The van der Waals surface area contributed by atoms with Crippen LogP contribution >= 0.6 is 11.6 Å². The molecule has 0 unspecified atom stereocenters. The smallest absolute Gasteiger partial charge is 0.166 e. The highest BCUT2D eigenvalue weighted by Crippen LogP contribution is 2.37. The standard InChI is InChI=1S/C14H10ClF3/c1-9-3-2-4-10(7-9)11-5-6-13(15)12(8-11)14(16,17)18/h2-8H,1H3. The maximum atomic E-state index is 12.7. The fourth-order valence-corrected chi connectivity index (χ4v) is 1.97.